The molecule has 1 amide bonds. The molecule has 4 rings (SSSR count). The molecule has 31 heavy (non-hydrogen) atoms. The first-order chi connectivity index (χ1) is 15.0. The van der Waals surface area contributed by atoms with Crippen LogP contribution in [0.4, 0.5) is 10.1 Å². The van der Waals surface area contributed by atoms with Crippen LogP contribution in [0, 0.1) is 24.1 Å². The number of hydrogen-bond acceptors (Lipinski definition) is 6. The van der Waals surface area contributed by atoms with Crippen LogP contribution in [0.5, 0.6) is 0 Å². The van der Waals surface area contributed by atoms with Gasteiger partial charge in [-0.25, -0.2) is 4.39 Å². The third-order valence-electron chi connectivity index (χ3n) is 5.41. The standard InChI is InChI=1S/C23H22FN5O2/c1-16-5-7-17(8-6-16)23-26-21(31-27-23)9-10-22(30)29-13-11-28(12-14-29)20-4-2-3-19(24)18(20)15-25/h2-8H,9-14H2,1H3. The van der Waals surface area contributed by atoms with E-state index in [-0.39, 0.29) is 17.9 Å². The van der Waals surface area contributed by atoms with Crippen LogP contribution in [0.25, 0.3) is 11.4 Å². The number of halogens is 1. The summed E-state index contributed by atoms with van der Waals surface area (Å²) >= 11 is 0. The number of carbonyl (C=O) groups is 1. The maximum Gasteiger partial charge on any atom is 0.227 e. The van der Waals surface area contributed by atoms with E-state index in [0.29, 0.717) is 50.0 Å². The van der Waals surface area contributed by atoms with Crippen LogP contribution in [0.2, 0.25) is 0 Å². The highest BCUT2D eigenvalue weighted by Gasteiger charge is 2.24. The van der Waals surface area contributed by atoms with E-state index in [1.807, 2.05) is 42.2 Å². The molecule has 1 fully saturated rings. The Morgan fingerprint density at radius 3 is 2.61 bits per heavy atom. The molecule has 0 unspecified atom stereocenters. The van der Waals surface area contributed by atoms with Crippen molar-refractivity contribution < 1.29 is 13.7 Å². The van der Waals surface area contributed by atoms with E-state index in [9.17, 15) is 14.4 Å². The monoisotopic (exact) mass is 419 g/mol. The summed E-state index contributed by atoms with van der Waals surface area (Å²) in [5.74, 6) is 0.429. The van der Waals surface area contributed by atoms with E-state index in [1.165, 1.54) is 6.07 Å². The van der Waals surface area contributed by atoms with Gasteiger partial charge in [-0.1, -0.05) is 41.1 Å². The van der Waals surface area contributed by atoms with E-state index in [0.717, 1.165) is 11.1 Å². The lowest BCUT2D eigenvalue weighted by atomic mass is 10.1. The average molecular weight is 419 g/mol. The number of nitrogens with zero attached hydrogens (tertiary/aromatic N) is 5. The molecule has 0 atom stereocenters. The lowest BCUT2D eigenvalue weighted by molar-refractivity contribution is -0.131. The van der Waals surface area contributed by atoms with Gasteiger partial charge >= 0.3 is 0 Å². The zero-order chi connectivity index (χ0) is 21.8. The maximum absolute atomic E-state index is 13.9. The summed E-state index contributed by atoms with van der Waals surface area (Å²) in [5, 5.41) is 13.2. The number of anilines is 1. The molecule has 8 heteroatoms. The van der Waals surface area contributed by atoms with Crippen LogP contribution in [0.15, 0.2) is 47.0 Å². The minimum Gasteiger partial charge on any atom is -0.367 e. The van der Waals surface area contributed by atoms with Crippen LogP contribution in [-0.2, 0) is 11.2 Å². The van der Waals surface area contributed by atoms with Crippen molar-refractivity contribution in [1.29, 1.82) is 5.26 Å². The Kier molecular flexibility index (Phi) is 5.94. The van der Waals surface area contributed by atoms with Crippen molar-refractivity contribution in [2.75, 3.05) is 31.1 Å². The van der Waals surface area contributed by atoms with E-state index in [1.54, 1.807) is 17.0 Å². The van der Waals surface area contributed by atoms with Crippen LogP contribution >= 0.6 is 0 Å². The van der Waals surface area contributed by atoms with Crippen molar-refractivity contribution in [1.82, 2.24) is 15.0 Å². The second kappa shape index (κ2) is 8.96. The van der Waals surface area contributed by atoms with Gasteiger partial charge in [-0.15, -0.1) is 0 Å². The van der Waals surface area contributed by atoms with Gasteiger partial charge in [0.1, 0.15) is 17.4 Å². The first-order valence-corrected chi connectivity index (χ1v) is 10.2. The normalized spacial score (nSPS) is 13.8. The quantitative estimate of drug-likeness (QED) is 0.631. The van der Waals surface area contributed by atoms with Gasteiger partial charge in [0, 0.05) is 44.6 Å². The molecule has 7 nitrogen and oxygen atoms in total. The number of hydrogen-bond donors (Lipinski definition) is 0. The first-order valence-electron chi connectivity index (χ1n) is 10.2. The number of aromatic nitrogens is 2. The van der Waals surface area contributed by atoms with Crippen LogP contribution in [0.3, 0.4) is 0 Å². The van der Waals surface area contributed by atoms with Gasteiger partial charge in [-0.05, 0) is 19.1 Å². The van der Waals surface area contributed by atoms with E-state index in [2.05, 4.69) is 10.1 Å². The van der Waals surface area contributed by atoms with Crippen molar-refractivity contribution >= 4 is 11.6 Å². The maximum atomic E-state index is 13.9. The van der Waals surface area contributed by atoms with Gasteiger partial charge in [-0.2, -0.15) is 10.2 Å². The van der Waals surface area contributed by atoms with E-state index < -0.39 is 5.82 Å². The van der Waals surface area contributed by atoms with Crippen LogP contribution in [-0.4, -0.2) is 47.1 Å². The molecule has 1 saturated heterocycles. The third kappa shape index (κ3) is 4.56. The molecule has 1 aliphatic heterocycles. The summed E-state index contributed by atoms with van der Waals surface area (Å²) in [6, 6.07) is 14.4. The SMILES string of the molecule is Cc1ccc(-c2noc(CCC(=O)N3CCN(c4cccc(F)c4C#N)CC3)n2)cc1. The molecule has 1 aromatic heterocycles. The molecule has 0 bridgehead atoms. The minimum absolute atomic E-state index is 0.00878. The average Bonchev–Trinajstić information content (AvgIpc) is 3.27. The van der Waals surface area contributed by atoms with Crippen molar-refractivity contribution in [3.8, 4) is 17.5 Å². The molecule has 0 radical (unpaired) electrons. The molecule has 0 aliphatic carbocycles. The summed E-state index contributed by atoms with van der Waals surface area (Å²) in [7, 11) is 0. The number of carbonyl (C=O) groups excluding carboxylic acids is 1. The second-order valence-electron chi connectivity index (χ2n) is 7.49. The Morgan fingerprint density at radius 2 is 1.90 bits per heavy atom. The van der Waals surface area contributed by atoms with Crippen LogP contribution < -0.4 is 4.90 Å². The topological polar surface area (TPSA) is 86.3 Å². The lowest BCUT2D eigenvalue weighted by Gasteiger charge is -2.36. The smallest absolute Gasteiger partial charge is 0.227 e. The number of nitriles is 1. The fraction of sp³-hybridized carbons (Fsp3) is 0.304. The van der Waals surface area contributed by atoms with Gasteiger partial charge in [0.05, 0.1) is 5.69 Å². The third-order valence-corrected chi connectivity index (χ3v) is 5.41. The molecule has 2 heterocycles. The summed E-state index contributed by atoms with van der Waals surface area (Å²) in [4.78, 5) is 20.7. The van der Waals surface area contributed by atoms with Gasteiger partial charge in [-0.3, -0.25) is 4.79 Å². The predicted octanol–water partition coefficient (Wildman–Crippen LogP) is 3.34. The zero-order valence-electron chi connectivity index (χ0n) is 17.2. The van der Waals surface area contributed by atoms with Gasteiger partial charge in [0.15, 0.2) is 0 Å². The molecule has 2 aromatic carbocycles. The first kappa shape index (κ1) is 20.5. The van der Waals surface area contributed by atoms with Crippen molar-refractivity contribution in [3.63, 3.8) is 0 Å². The van der Waals surface area contributed by atoms with Gasteiger partial charge in [0.25, 0.3) is 0 Å². The largest absolute Gasteiger partial charge is 0.367 e. The van der Waals surface area contributed by atoms with Gasteiger partial charge < -0.3 is 14.3 Å². The molecular formula is C23H22FN5O2. The predicted molar refractivity (Wildman–Crippen MR) is 113 cm³/mol. The Bertz CT molecular complexity index is 1110. The van der Waals surface area contributed by atoms with E-state index >= 15 is 0 Å². The summed E-state index contributed by atoms with van der Waals surface area (Å²) < 4.78 is 19.2. The highest BCUT2D eigenvalue weighted by atomic mass is 19.1. The molecule has 0 spiro atoms. The zero-order valence-corrected chi connectivity index (χ0v) is 17.2. The minimum atomic E-state index is -0.525. The molecular weight excluding hydrogens is 397 g/mol. The number of amides is 1. The number of aryl methyl sites for hydroxylation is 2. The van der Waals surface area contributed by atoms with E-state index in [4.69, 9.17) is 4.52 Å². The molecule has 0 N–H and O–H groups in total. The summed E-state index contributed by atoms with van der Waals surface area (Å²) in [5.41, 5.74) is 2.64. The molecule has 158 valence electrons. The summed E-state index contributed by atoms with van der Waals surface area (Å²) in [6.45, 7) is 4.12. The number of piperazine rings is 1. The molecule has 0 saturated carbocycles. The van der Waals surface area contributed by atoms with Gasteiger partial charge in [0.2, 0.25) is 17.6 Å². The highest BCUT2D eigenvalue weighted by molar-refractivity contribution is 5.76. The molecule has 3 aromatic rings. The Morgan fingerprint density at radius 1 is 1.16 bits per heavy atom. The number of rotatable bonds is 5. The number of benzene rings is 2. The van der Waals surface area contributed by atoms with Crippen molar-refractivity contribution in [2.24, 2.45) is 0 Å². The second-order valence-corrected chi connectivity index (χ2v) is 7.49. The Hall–Kier alpha value is -3.73. The fourth-order valence-electron chi connectivity index (χ4n) is 3.63. The Balaban J connectivity index is 1.31. The fourth-order valence-corrected chi connectivity index (χ4v) is 3.63. The molecule has 1 aliphatic rings. The van der Waals surface area contributed by atoms with Crippen molar-refractivity contribution in [3.05, 3.63) is 65.3 Å². The van der Waals surface area contributed by atoms with Crippen molar-refractivity contribution in [2.45, 2.75) is 19.8 Å². The summed E-state index contributed by atoms with van der Waals surface area (Å²) in [6.07, 6.45) is 0.652. The lowest BCUT2D eigenvalue weighted by Crippen LogP contribution is -2.49. The van der Waals surface area contributed by atoms with Crippen LogP contribution in [0.1, 0.15) is 23.4 Å². The highest BCUT2D eigenvalue weighted by Crippen LogP contribution is 2.24. The Labute approximate surface area is 179 Å².